The monoisotopic (exact) mass is 569 g/mol. The van der Waals surface area contributed by atoms with Crippen molar-refractivity contribution >= 4 is 39.8 Å². The second-order valence-electron chi connectivity index (χ2n) is 10.4. The maximum Gasteiger partial charge on any atom is 0.247 e. The Morgan fingerprint density at radius 2 is 2.07 bits per heavy atom. The van der Waals surface area contributed by atoms with E-state index in [1.54, 1.807) is 13.3 Å². The quantitative estimate of drug-likeness (QED) is 0.197. The molecular formula is C32H39N7O3. The summed E-state index contributed by atoms with van der Waals surface area (Å²) in [4.78, 5) is 24.0. The van der Waals surface area contributed by atoms with Crippen LogP contribution in [0.4, 0.5) is 23.0 Å². The summed E-state index contributed by atoms with van der Waals surface area (Å²) >= 11 is 0. The predicted molar refractivity (Wildman–Crippen MR) is 169 cm³/mol. The van der Waals surface area contributed by atoms with Crippen molar-refractivity contribution in [3.05, 3.63) is 67.0 Å². The Morgan fingerprint density at radius 1 is 1.24 bits per heavy atom. The van der Waals surface area contributed by atoms with Crippen LogP contribution in [0.1, 0.15) is 26.5 Å². The van der Waals surface area contributed by atoms with Crippen LogP contribution in [0.15, 0.2) is 61.3 Å². The van der Waals surface area contributed by atoms with Crippen LogP contribution >= 0.6 is 0 Å². The molecule has 0 atom stereocenters. The van der Waals surface area contributed by atoms with Crippen LogP contribution in [0, 0.1) is 0 Å². The average molecular weight is 570 g/mol. The van der Waals surface area contributed by atoms with Crippen LogP contribution in [0.2, 0.25) is 0 Å². The zero-order chi connectivity index (χ0) is 29.6. The molecule has 3 heterocycles. The molecule has 0 bridgehead atoms. The maximum absolute atomic E-state index is 12.4. The molecule has 0 saturated heterocycles. The molecule has 0 unspecified atom stereocenters. The van der Waals surface area contributed by atoms with E-state index in [0.29, 0.717) is 42.3 Å². The summed E-state index contributed by atoms with van der Waals surface area (Å²) in [5, 5.41) is 10.9. The number of rotatable bonds is 12. The van der Waals surface area contributed by atoms with E-state index in [1.165, 1.54) is 11.6 Å². The van der Waals surface area contributed by atoms with Gasteiger partial charge in [-0.1, -0.05) is 38.6 Å². The van der Waals surface area contributed by atoms with Gasteiger partial charge in [0.15, 0.2) is 0 Å². The second kappa shape index (κ2) is 13.1. The van der Waals surface area contributed by atoms with Crippen molar-refractivity contribution < 1.29 is 14.3 Å². The van der Waals surface area contributed by atoms with Gasteiger partial charge in [0.05, 0.1) is 48.8 Å². The zero-order valence-corrected chi connectivity index (χ0v) is 24.7. The minimum Gasteiger partial charge on any atom is -0.494 e. The molecule has 0 spiro atoms. The highest BCUT2D eigenvalue weighted by Crippen LogP contribution is 2.39. The van der Waals surface area contributed by atoms with E-state index in [-0.39, 0.29) is 5.91 Å². The molecule has 0 aliphatic carbocycles. The first-order chi connectivity index (χ1) is 20.4. The number of ether oxygens (including phenoxy) is 2. The van der Waals surface area contributed by atoms with Crippen LogP contribution in [-0.4, -0.2) is 59.8 Å². The number of methoxy groups -OCH3 is 1. The first-order valence-corrected chi connectivity index (χ1v) is 14.4. The molecule has 0 radical (unpaired) electrons. The molecule has 1 aliphatic heterocycles. The lowest BCUT2D eigenvalue weighted by molar-refractivity contribution is -0.111. The molecule has 5 rings (SSSR count). The number of hydrogen-bond acceptors (Lipinski definition) is 8. The zero-order valence-electron chi connectivity index (χ0n) is 24.7. The van der Waals surface area contributed by atoms with E-state index in [0.717, 1.165) is 54.2 Å². The van der Waals surface area contributed by atoms with Crippen LogP contribution in [0.3, 0.4) is 0 Å². The van der Waals surface area contributed by atoms with E-state index in [9.17, 15) is 4.79 Å². The minimum atomic E-state index is -0.297. The Labute approximate surface area is 246 Å². The van der Waals surface area contributed by atoms with Gasteiger partial charge >= 0.3 is 0 Å². The highest BCUT2D eigenvalue weighted by Gasteiger charge is 2.23. The van der Waals surface area contributed by atoms with E-state index in [1.807, 2.05) is 24.3 Å². The molecule has 10 heteroatoms. The SMILES string of the molecule is C=CC(=O)Nc1cc(Nc2nccc(-c3c4n(c5ccccc35)CCOC4)n2)c(OC)cc1N(CC)CCNC(C)C. The Balaban J connectivity index is 1.52. The third kappa shape index (κ3) is 6.09. The Morgan fingerprint density at radius 3 is 2.83 bits per heavy atom. The number of fused-ring (bicyclic) bond motifs is 3. The predicted octanol–water partition coefficient (Wildman–Crippen LogP) is 5.33. The number of aromatic nitrogens is 3. The number of carbonyl (C=O) groups is 1. The number of likely N-dealkylation sites (N-methyl/N-ethyl adjacent to an activating group) is 1. The molecule has 220 valence electrons. The van der Waals surface area contributed by atoms with Crippen molar-refractivity contribution in [2.75, 3.05) is 48.9 Å². The van der Waals surface area contributed by atoms with Gasteiger partial charge in [-0.25, -0.2) is 9.97 Å². The smallest absolute Gasteiger partial charge is 0.247 e. The van der Waals surface area contributed by atoms with Gasteiger partial charge in [-0.05, 0) is 31.2 Å². The van der Waals surface area contributed by atoms with Crippen molar-refractivity contribution in [3.63, 3.8) is 0 Å². The first kappa shape index (κ1) is 29.1. The topological polar surface area (TPSA) is 106 Å². The summed E-state index contributed by atoms with van der Waals surface area (Å²) in [6, 6.07) is 14.4. The number of benzene rings is 2. The van der Waals surface area contributed by atoms with Gasteiger partial charge in [0.1, 0.15) is 5.75 Å². The van der Waals surface area contributed by atoms with Crippen molar-refractivity contribution in [3.8, 4) is 17.0 Å². The minimum absolute atomic E-state index is 0.297. The fourth-order valence-corrected chi connectivity index (χ4v) is 5.37. The molecule has 0 saturated carbocycles. The number of para-hydroxylation sites is 1. The molecule has 0 fully saturated rings. The summed E-state index contributed by atoms with van der Waals surface area (Å²) in [7, 11) is 1.62. The van der Waals surface area contributed by atoms with Crippen LogP contribution in [0.5, 0.6) is 5.75 Å². The Bertz CT molecular complexity index is 1580. The normalized spacial score (nSPS) is 12.7. The van der Waals surface area contributed by atoms with Crippen molar-refractivity contribution in [2.45, 2.75) is 40.0 Å². The summed E-state index contributed by atoms with van der Waals surface area (Å²) < 4.78 is 13.9. The summed E-state index contributed by atoms with van der Waals surface area (Å²) in [5.41, 5.74) is 6.23. The molecular weight excluding hydrogens is 530 g/mol. The number of carbonyl (C=O) groups excluding carboxylic acids is 1. The van der Waals surface area contributed by atoms with Gasteiger partial charge in [-0.15, -0.1) is 0 Å². The van der Waals surface area contributed by atoms with Gasteiger partial charge in [-0.3, -0.25) is 4.79 Å². The van der Waals surface area contributed by atoms with Crippen LogP contribution in [0.25, 0.3) is 22.2 Å². The van der Waals surface area contributed by atoms with E-state index >= 15 is 0 Å². The standard InChI is InChI=1S/C32H39N7O3/c1-6-30(40)35-24-18-25(29(41-5)19-27(24)38(7-2)15-14-33-21(3)4)37-32-34-13-12-23(36-32)31-22-10-8-9-11-26(22)39-16-17-42-20-28(31)39/h6,8-13,18-19,21,33H,1,7,14-17,20H2,2-5H3,(H,35,40)(H,34,36,37). The number of nitrogens with zero attached hydrogens (tertiary/aromatic N) is 4. The van der Waals surface area contributed by atoms with Crippen LogP contribution in [-0.2, 0) is 22.7 Å². The van der Waals surface area contributed by atoms with Crippen molar-refractivity contribution in [1.82, 2.24) is 19.9 Å². The lowest BCUT2D eigenvalue weighted by atomic mass is 10.1. The largest absolute Gasteiger partial charge is 0.494 e. The maximum atomic E-state index is 12.4. The highest BCUT2D eigenvalue weighted by molar-refractivity contribution is 6.02. The van der Waals surface area contributed by atoms with Gasteiger partial charge in [0.2, 0.25) is 11.9 Å². The molecule has 4 aromatic rings. The molecule has 42 heavy (non-hydrogen) atoms. The lowest BCUT2D eigenvalue weighted by Gasteiger charge is -2.28. The van der Waals surface area contributed by atoms with Gasteiger partial charge in [-0.2, -0.15) is 0 Å². The van der Waals surface area contributed by atoms with E-state index in [4.69, 9.17) is 14.5 Å². The molecule has 3 N–H and O–H groups in total. The molecule has 1 aliphatic rings. The average Bonchev–Trinajstić information content (AvgIpc) is 3.34. The fourth-order valence-electron chi connectivity index (χ4n) is 5.37. The highest BCUT2D eigenvalue weighted by atomic mass is 16.5. The third-order valence-corrected chi connectivity index (χ3v) is 7.35. The fraction of sp³-hybridized carbons (Fsp3) is 0.344. The van der Waals surface area contributed by atoms with Gasteiger partial charge in [0.25, 0.3) is 0 Å². The van der Waals surface area contributed by atoms with E-state index in [2.05, 4.69) is 76.0 Å². The van der Waals surface area contributed by atoms with E-state index < -0.39 is 0 Å². The third-order valence-electron chi connectivity index (χ3n) is 7.35. The molecule has 1 amide bonds. The van der Waals surface area contributed by atoms with Gasteiger partial charge < -0.3 is 34.9 Å². The second-order valence-corrected chi connectivity index (χ2v) is 10.4. The van der Waals surface area contributed by atoms with Crippen LogP contribution < -0.4 is 25.6 Å². The Kier molecular flexibility index (Phi) is 9.04. The summed E-state index contributed by atoms with van der Waals surface area (Å²) in [6.45, 7) is 14.3. The molecule has 10 nitrogen and oxygen atoms in total. The number of hydrogen-bond donors (Lipinski definition) is 3. The number of nitrogens with one attached hydrogen (secondary N) is 3. The Hall–Kier alpha value is -4.41. The molecule has 2 aromatic heterocycles. The first-order valence-electron chi connectivity index (χ1n) is 14.4. The summed E-state index contributed by atoms with van der Waals surface area (Å²) in [6.07, 6.45) is 3.01. The number of anilines is 4. The number of amides is 1. The van der Waals surface area contributed by atoms with Crippen molar-refractivity contribution in [1.29, 1.82) is 0 Å². The molecule has 2 aromatic carbocycles. The summed E-state index contributed by atoms with van der Waals surface area (Å²) in [5.74, 6) is 0.717. The van der Waals surface area contributed by atoms with Crippen molar-refractivity contribution in [2.24, 2.45) is 0 Å². The lowest BCUT2D eigenvalue weighted by Crippen LogP contribution is -2.35. The van der Waals surface area contributed by atoms with Gasteiger partial charge in [0, 0.05) is 61.0 Å².